The van der Waals surface area contributed by atoms with Crippen LogP contribution in [0, 0.1) is 0 Å². The minimum atomic E-state index is -3.74. The maximum Gasteiger partial charge on any atom is 0.242 e. The summed E-state index contributed by atoms with van der Waals surface area (Å²) < 4.78 is 43.5. The molecule has 1 N–H and O–H groups in total. The molecule has 0 spiro atoms. The molecular weight excluding hydrogens is 406 g/mol. The van der Waals surface area contributed by atoms with Crippen LogP contribution in [0.15, 0.2) is 70.1 Å². The Hall–Kier alpha value is -3.43. The fourth-order valence-electron chi connectivity index (χ4n) is 2.99. The van der Waals surface area contributed by atoms with E-state index in [0.717, 1.165) is 10.8 Å². The van der Waals surface area contributed by atoms with Gasteiger partial charge in [0.1, 0.15) is 0 Å². The SMILES string of the molecule is COc1ccc(-c2noc(CNS(=O)(=O)c3ccc4ccccc4c3)n2)cc1OC. The molecule has 1 aromatic heterocycles. The minimum absolute atomic E-state index is 0.130. The van der Waals surface area contributed by atoms with Crippen LogP contribution in [0.4, 0.5) is 0 Å². The lowest BCUT2D eigenvalue weighted by Gasteiger charge is -2.07. The normalized spacial score (nSPS) is 11.5. The molecule has 4 aromatic rings. The van der Waals surface area contributed by atoms with Gasteiger partial charge in [0.05, 0.1) is 25.7 Å². The molecule has 0 radical (unpaired) electrons. The third-order valence-electron chi connectivity index (χ3n) is 4.55. The predicted octanol–water partition coefficient (Wildman–Crippen LogP) is 3.39. The van der Waals surface area contributed by atoms with E-state index in [4.69, 9.17) is 14.0 Å². The van der Waals surface area contributed by atoms with Gasteiger partial charge in [-0.1, -0.05) is 35.5 Å². The Kier molecular flexibility index (Phi) is 5.39. The lowest BCUT2D eigenvalue weighted by atomic mass is 10.1. The van der Waals surface area contributed by atoms with Crippen molar-refractivity contribution in [2.45, 2.75) is 11.4 Å². The molecule has 3 aromatic carbocycles. The van der Waals surface area contributed by atoms with E-state index in [-0.39, 0.29) is 17.3 Å². The number of methoxy groups -OCH3 is 2. The van der Waals surface area contributed by atoms with E-state index in [2.05, 4.69) is 14.9 Å². The minimum Gasteiger partial charge on any atom is -0.493 e. The van der Waals surface area contributed by atoms with Crippen molar-refractivity contribution < 1.29 is 22.4 Å². The molecule has 0 fully saturated rings. The number of benzene rings is 3. The summed E-state index contributed by atoms with van der Waals surface area (Å²) in [4.78, 5) is 4.42. The zero-order valence-corrected chi connectivity index (χ0v) is 17.1. The summed E-state index contributed by atoms with van der Waals surface area (Å²) >= 11 is 0. The molecule has 4 rings (SSSR count). The predicted molar refractivity (Wildman–Crippen MR) is 111 cm³/mol. The lowest BCUT2D eigenvalue weighted by Crippen LogP contribution is -2.23. The van der Waals surface area contributed by atoms with Gasteiger partial charge in [0.25, 0.3) is 0 Å². The van der Waals surface area contributed by atoms with Crippen LogP contribution in [0.1, 0.15) is 5.89 Å². The van der Waals surface area contributed by atoms with Crippen LogP contribution in [0.5, 0.6) is 11.5 Å². The first-order valence-electron chi connectivity index (χ1n) is 9.03. The first-order valence-corrected chi connectivity index (χ1v) is 10.5. The van der Waals surface area contributed by atoms with Gasteiger partial charge in [0.2, 0.25) is 21.7 Å². The summed E-state index contributed by atoms with van der Waals surface area (Å²) in [6.45, 7) is -0.130. The van der Waals surface area contributed by atoms with Crippen LogP contribution in [0.2, 0.25) is 0 Å². The number of rotatable bonds is 7. The van der Waals surface area contributed by atoms with Crippen molar-refractivity contribution in [2.75, 3.05) is 14.2 Å². The van der Waals surface area contributed by atoms with E-state index < -0.39 is 10.0 Å². The monoisotopic (exact) mass is 425 g/mol. The quantitative estimate of drug-likeness (QED) is 0.484. The van der Waals surface area contributed by atoms with Gasteiger partial charge >= 0.3 is 0 Å². The van der Waals surface area contributed by atoms with E-state index in [9.17, 15) is 8.42 Å². The van der Waals surface area contributed by atoms with E-state index >= 15 is 0 Å². The number of hydrogen-bond donors (Lipinski definition) is 1. The number of fused-ring (bicyclic) bond motifs is 1. The number of nitrogens with one attached hydrogen (secondary N) is 1. The highest BCUT2D eigenvalue weighted by Crippen LogP contribution is 2.31. The Balaban J connectivity index is 1.51. The number of ether oxygens (including phenoxy) is 2. The maximum atomic E-state index is 12.6. The molecule has 0 saturated heterocycles. The molecule has 0 aliphatic carbocycles. The molecule has 0 aliphatic rings. The highest BCUT2D eigenvalue weighted by atomic mass is 32.2. The summed E-state index contributed by atoms with van der Waals surface area (Å²) in [5, 5.41) is 5.72. The van der Waals surface area contributed by atoms with Crippen LogP contribution >= 0.6 is 0 Å². The van der Waals surface area contributed by atoms with E-state index in [0.29, 0.717) is 22.9 Å². The summed E-state index contributed by atoms with van der Waals surface area (Å²) in [5.74, 6) is 1.56. The van der Waals surface area contributed by atoms with Crippen molar-refractivity contribution in [1.82, 2.24) is 14.9 Å². The average molecular weight is 425 g/mol. The van der Waals surface area contributed by atoms with Gasteiger partial charge in [-0.15, -0.1) is 0 Å². The Morgan fingerprint density at radius 1 is 0.933 bits per heavy atom. The van der Waals surface area contributed by atoms with Crippen LogP contribution in [0.25, 0.3) is 22.2 Å². The van der Waals surface area contributed by atoms with Gasteiger partial charge in [-0.3, -0.25) is 0 Å². The zero-order valence-electron chi connectivity index (χ0n) is 16.3. The fraction of sp³-hybridized carbons (Fsp3) is 0.143. The number of nitrogens with zero attached hydrogens (tertiary/aromatic N) is 2. The molecule has 0 saturated carbocycles. The van der Waals surface area contributed by atoms with Crippen LogP contribution in [-0.4, -0.2) is 32.8 Å². The summed E-state index contributed by atoms with van der Waals surface area (Å²) in [6.07, 6.45) is 0. The Bertz CT molecular complexity index is 1300. The second-order valence-electron chi connectivity index (χ2n) is 6.41. The molecule has 1 heterocycles. The topological polar surface area (TPSA) is 104 Å². The third-order valence-corrected chi connectivity index (χ3v) is 5.95. The van der Waals surface area contributed by atoms with Crippen molar-refractivity contribution in [3.8, 4) is 22.9 Å². The molecule has 0 bridgehead atoms. The molecule has 0 amide bonds. The number of sulfonamides is 1. The summed E-state index contributed by atoms with van der Waals surface area (Å²) in [5.41, 5.74) is 0.653. The Morgan fingerprint density at radius 2 is 1.70 bits per heavy atom. The van der Waals surface area contributed by atoms with E-state index in [1.165, 1.54) is 7.11 Å². The highest BCUT2D eigenvalue weighted by Gasteiger charge is 2.17. The van der Waals surface area contributed by atoms with Crippen molar-refractivity contribution in [3.05, 3.63) is 66.6 Å². The standard InChI is InChI=1S/C21H19N3O5S/c1-27-18-10-8-16(12-19(18)28-2)21-23-20(29-24-21)13-22-30(25,26)17-9-7-14-5-3-4-6-15(14)11-17/h3-12,22H,13H2,1-2H3. The molecular formula is C21H19N3O5S. The molecule has 0 aliphatic heterocycles. The van der Waals surface area contributed by atoms with Gasteiger partial charge in [-0.25, -0.2) is 13.1 Å². The van der Waals surface area contributed by atoms with Gasteiger partial charge in [-0.05, 0) is 41.1 Å². The molecule has 30 heavy (non-hydrogen) atoms. The highest BCUT2D eigenvalue weighted by molar-refractivity contribution is 7.89. The van der Waals surface area contributed by atoms with Crippen LogP contribution < -0.4 is 14.2 Å². The molecule has 8 nitrogen and oxygen atoms in total. The molecule has 0 atom stereocenters. The Morgan fingerprint density at radius 3 is 2.47 bits per heavy atom. The first-order chi connectivity index (χ1) is 14.5. The number of hydrogen-bond acceptors (Lipinski definition) is 7. The third kappa shape index (κ3) is 3.98. The van der Waals surface area contributed by atoms with Gasteiger partial charge in [0.15, 0.2) is 11.5 Å². The van der Waals surface area contributed by atoms with Crippen molar-refractivity contribution >= 4 is 20.8 Å². The van der Waals surface area contributed by atoms with E-state index in [1.54, 1.807) is 43.5 Å². The lowest BCUT2D eigenvalue weighted by molar-refractivity contribution is 0.355. The Labute approximate surface area is 173 Å². The smallest absolute Gasteiger partial charge is 0.242 e. The largest absolute Gasteiger partial charge is 0.493 e. The molecule has 9 heteroatoms. The van der Waals surface area contributed by atoms with E-state index in [1.807, 2.05) is 24.3 Å². The summed E-state index contributed by atoms with van der Waals surface area (Å²) in [7, 11) is -0.659. The van der Waals surface area contributed by atoms with Gasteiger partial charge in [0, 0.05) is 5.56 Å². The second kappa shape index (κ2) is 8.13. The summed E-state index contributed by atoms with van der Waals surface area (Å²) in [6, 6.07) is 17.7. The van der Waals surface area contributed by atoms with Crippen LogP contribution in [-0.2, 0) is 16.6 Å². The van der Waals surface area contributed by atoms with Gasteiger partial charge < -0.3 is 14.0 Å². The molecule has 154 valence electrons. The van der Waals surface area contributed by atoms with Crippen molar-refractivity contribution in [1.29, 1.82) is 0 Å². The zero-order chi connectivity index (χ0) is 21.1. The van der Waals surface area contributed by atoms with Crippen LogP contribution in [0.3, 0.4) is 0 Å². The fourth-order valence-corrected chi connectivity index (χ4v) is 4.00. The number of aromatic nitrogens is 2. The molecule has 0 unspecified atom stereocenters. The second-order valence-corrected chi connectivity index (χ2v) is 8.18. The van der Waals surface area contributed by atoms with Gasteiger partial charge in [-0.2, -0.15) is 4.98 Å². The van der Waals surface area contributed by atoms with Crippen molar-refractivity contribution in [3.63, 3.8) is 0 Å². The average Bonchev–Trinajstić information content (AvgIpc) is 3.26. The first kappa shape index (κ1) is 19.9. The maximum absolute atomic E-state index is 12.6. The van der Waals surface area contributed by atoms with Crippen molar-refractivity contribution in [2.24, 2.45) is 0 Å².